The van der Waals surface area contributed by atoms with Crippen molar-refractivity contribution >= 4 is 23.1 Å². The van der Waals surface area contributed by atoms with Gasteiger partial charge in [-0.3, -0.25) is 0 Å². The van der Waals surface area contributed by atoms with Crippen molar-refractivity contribution in [3.05, 3.63) is 16.1 Å². The second kappa shape index (κ2) is 5.32. The van der Waals surface area contributed by atoms with E-state index in [0.29, 0.717) is 0 Å². The quantitative estimate of drug-likeness (QED) is 0.886. The van der Waals surface area contributed by atoms with Crippen LogP contribution in [0.3, 0.4) is 0 Å². The van der Waals surface area contributed by atoms with E-state index in [1.54, 1.807) is 18.3 Å². The molecule has 2 rings (SSSR count). The smallest absolute Gasteiger partial charge is 0.0940 e. The number of thiazole rings is 1. The molecule has 84 valence electrons. The van der Waals surface area contributed by atoms with Crippen LogP contribution in [0.4, 0.5) is 0 Å². The Labute approximate surface area is 99.1 Å². The number of aromatic nitrogens is 1. The minimum Gasteiger partial charge on any atom is -0.387 e. The lowest BCUT2D eigenvalue weighted by atomic mass is 10.1. The zero-order valence-corrected chi connectivity index (χ0v) is 10.6. The standard InChI is InChI=1S/C11H17NOS2/c1-8(13)10-7-15-11(12-10)6-9-4-2-3-5-14-9/h7-9,13H,2-6H2,1H3. The van der Waals surface area contributed by atoms with Gasteiger partial charge in [0.25, 0.3) is 0 Å². The molecule has 0 aromatic carbocycles. The molecule has 2 nitrogen and oxygen atoms in total. The van der Waals surface area contributed by atoms with Crippen molar-refractivity contribution in [2.24, 2.45) is 0 Å². The molecular formula is C11H17NOS2. The van der Waals surface area contributed by atoms with Crippen LogP contribution in [-0.2, 0) is 6.42 Å². The highest BCUT2D eigenvalue weighted by atomic mass is 32.2. The summed E-state index contributed by atoms with van der Waals surface area (Å²) < 4.78 is 0. The average Bonchev–Trinajstić information content (AvgIpc) is 2.68. The Morgan fingerprint density at radius 1 is 1.60 bits per heavy atom. The second-order valence-corrected chi connectivity index (χ2v) is 6.39. The molecule has 2 unspecified atom stereocenters. The zero-order chi connectivity index (χ0) is 10.7. The van der Waals surface area contributed by atoms with Crippen LogP contribution < -0.4 is 0 Å². The number of hydrogen-bond acceptors (Lipinski definition) is 4. The first-order chi connectivity index (χ1) is 7.25. The predicted molar refractivity (Wildman–Crippen MR) is 66.5 cm³/mol. The number of rotatable bonds is 3. The van der Waals surface area contributed by atoms with Crippen LogP contribution in [0.5, 0.6) is 0 Å². The van der Waals surface area contributed by atoms with E-state index in [1.165, 1.54) is 30.0 Å². The molecule has 0 bridgehead atoms. The number of aliphatic hydroxyl groups excluding tert-OH is 1. The highest BCUT2D eigenvalue weighted by Gasteiger charge is 2.16. The predicted octanol–water partition coefficient (Wildman–Crippen LogP) is 3.02. The molecule has 1 saturated heterocycles. The maximum atomic E-state index is 9.38. The molecule has 1 aliphatic rings. The Balaban J connectivity index is 1.91. The fourth-order valence-corrected chi connectivity index (χ4v) is 4.15. The molecule has 1 aliphatic heterocycles. The summed E-state index contributed by atoms with van der Waals surface area (Å²) in [4.78, 5) is 4.46. The number of aliphatic hydroxyl groups is 1. The van der Waals surface area contributed by atoms with Crippen molar-refractivity contribution in [2.45, 2.75) is 44.0 Å². The van der Waals surface area contributed by atoms with E-state index in [-0.39, 0.29) is 0 Å². The largest absolute Gasteiger partial charge is 0.387 e. The summed E-state index contributed by atoms with van der Waals surface area (Å²) in [6, 6.07) is 0. The molecule has 15 heavy (non-hydrogen) atoms. The van der Waals surface area contributed by atoms with Crippen molar-refractivity contribution in [1.82, 2.24) is 4.98 Å². The summed E-state index contributed by atoms with van der Waals surface area (Å²) in [5.41, 5.74) is 0.829. The molecule has 0 amide bonds. The van der Waals surface area contributed by atoms with Crippen molar-refractivity contribution in [1.29, 1.82) is 0 Å². The summed E-state index contributed by atoms with van der Waals surface area (Å²) >= 11 is 3.77. The van der Waals surface area contributed by atoms with Crippen LogP contribution >= 0.6 is 23.1 Å². The highest BCUT2D eigenvalue weighted by Crippen LogP contribution is 2.29. The van der Waals surface area contributed by atoms with Crippen LogP contribution in [0.25, 0.3) is 0 Å². The molecule has 2 atom stereocenters. The van der Waals surface area contributed by atoms with Crippen LogP contribution in [0.15, 0.2) is 5.38 Å². The van der Waals surface area contributed by atoms with Gasteiger partial charge in [-0.25, -0.2) is 4.98 Å². The van der Waals surface area contributed by atoms with Gasteiger partial charge in [-0.05, 0) is 25.5 Å². The third-order valence-corrected chi connectivity index (χ3v) is 4.96. The molecule has 2 heterocycles. The van der Waals surface area contributed by atoms with E-state index in [2.05, 4.69) is 16.7 Å². The van der Waals surface area contributed by atoms with Crippen molar-refractivity contribution < 1.29 is 5.11 Å². The number of nitrogens with zero attached hydrogens (tertiary/aromatic N) is 1. The van der Waals surface area contributed by atoms with E-state index in [4.69, 9.17) is 0 Å². The molecule has 1 fully saturated rings. The van der Waals surface area contributed by atoms with Gasteiger partial charge in [0, 0.05) is 17.1 Å². The van der Waals surface area contributed by atoms with Gasteiger partial charge in [-0.2, -0.15) is 11.8 Å². The van der Waals surface area contributed by atoms with Gasteiger partial charge < -0.3 is 5.11 Å². The maximum Gasteiger partial charge on any atom is 0.0940 e. The lowest BCUT2D eigenvalue weighted by Gasteiger charge is -2.19. The van der Waals surface area contributed by atoms with Gasteiger partial charge in [0.1, 0.15) is 0 Å². The van der Waals surface area contributed by atoms with E-state index < -0.39 is 6.10 Å². The highest BCUT2D eigenvalue weighted by molar-refractivity contribution is 7.99. The third kappa shape index (κ3) is 3.20. The van der Waals surface area contributed by atoms with Gasteiger partial charge in [-0.15, -0.1) is 11.3 Å². The summed E-state index contributed by atoms with van der Waals surface area (Å²) in [6.45, 7) is 1.77. The minimum absolute atomic E-state index is 0.422. The monoisotopic (exact) mass is 243 g/mol. The van der Waals surface area contributed by atoms with Gasteiger partial charge >= 0.3 is 0 Å². The summed E-state index contributed by atoms with van der Waals surface area (Å²) in [6.07, 6.45) is 4.73. The molecule has 1 aromatic heterocycles. The molecule has 1 aromatic rings. The van der Waals surface area contributed by atoms with Gasteiger partial charge in [0.05, 0.1) is 16.8 Å². The summed E-state index contributed by atoms with van der Waals surface area (Å²) in [7, 11) is 0. The van der Waals surface area contributed by atoms with E-state index in [9.17, 15) is 5.11 Å². The minimum atomic E-state index is -0.422. The molecule has 0 spiro atoms. The molecule has 0 aliphatic carbocycles. The maximum absolute atomic E-state index is 9.38. The van der Waals surface area contributed by atoms with Crippen LogP contribution in [0.1, 0.15) is 43.0 Å². The first-order valence-corrected chi connectivity index (χ1v) is 7.42. The zero-order valence-electron chi connectivity index (χ0n) is 8.98. The molecule has 0 radical (unpaired) electrons. The topological polar surface area (TPSA) is 33.1 Å². The van der Waals surface area contributed by atoms with Crippen LogP contribution in [-0.4, -0.2) is 21.1 Å². The lowest BCUT2D eigenvalue weighted by molar-refractivity contribution is 0.195. The number of hydrogen-bond donors (Lipinski definition) is 1. The molecular weight excluding hydrogens is 226 g/mol. The Morgan fingerprint density at radius 3 is 3.07 bits per heavy atom. The Bertz CT molecular complexity index is 305. The van der Waals surface area contributed by atoms with E-state index >= 15 is 0 Å². The van der Waals surface area contributed by atoms with Crippen molar-refractivity contribution in [3.63, 3.8) is 0 Å². The van der Waals surface area contributed by atoms with Crippen LogP contribution in [0.2, 0.25) is 0 Å². The molecule has 1 N–H and O–H groups in total. The van der Waals surface area contributed by atoms with Gasteiger partial charge in [-0.1, -0.05) is 6.42 Å². The Hall–Kier alpha value is -0.0600. The van der Waals surface area contributed by atoms with Gasteiger partial charge in [0.2, 0.25) is 0 Å². The average molecular weight is 243 g/mol. The molecule has 0 saturated carbocycles. The van der Waals surface area contributed by atoms with Crippen molar-refractivity contribution in [3.8, 4) is 0 Å². The first-order valence-electron chi connectivity index (χ1n) is 5.49. The summed E-state index contributed by atoms with van der Waals surface area (Å²) in [5, 5.41) is 13.3. The van der Waals surface area contributed by atoms with E-state index in [1.807, 2.05) is 5.38 Å². The van der Waals surface area contributed by atoms with E-state index in [0.717, 1.165) is 17.4 Å². The Morgan fingerprint density at radius 2 is 2.47 bits per heavy atom. The fraction of sp³-hybridized carbons (Fsp3) is 0.727. The van der Waals surface area contributed by atoms with Crippen molar-refractivity contribution in [2.75, 3.05) is 5.75 Å². The molecule has 4 heteroatoms. The number of thioether (sulfide) groups is 1. The SMILES string of the molecule is CC(O)c1csc(CC2CCCCS2)n1. The fourth-order valence-electron chi connectivity index (χ4n) is 1.77. The third-order valence-electron chi connectivity index (χ3n) is 2.67. The Kier molecular flexibility index (Phi) is 4.05. The van der Waals surface area contributed by atoms with Crippen LogP contribution in [0, 0.1) is 0 Å². The van der Waals surface area contributed by atoms with Gasteiger partial charge in [0.15, 0.2) is 0 Å². The lowest BCUT2D eigenvalue weighted by Crippen LogP contribution is -2.12. The summed E-state index contributed by atoms with van der Waals surface area (Å²) in [5.74, 6) is 1.30. The second-order valence-electron chi connectivity index (χ2n) is 4.03. The normalized spacial score (nSPS) is 24.0. The first kappa shape index (κ1) is 11.4.